The van der Waals surface area contributed by atoms with Crippen molar-refractivity contribution in [3.63, 3.8) is 0 Å². The average molecular weight is 290 g/mol. The van der Waals surface area contributed by atoms with E-state index in [9.17, 15) is 4.79 Å². The molecule has 1 unspecified atom stereocenters. The number of carbonyl (C=O) groups is 1. The number of carbonyl (C=O) groups excluding carboxylic acids is 1. The fraction of sp³-hybridized carbons (Fsp3) is 0.615. The SMILES string of the molecule is CCCCN(CCO)C(C)C(=O)c1ccc(Cl)s1. The smallest absolute Gasteiger partial charge is 0.189 e. The summed E-state index contributed by atoms with van der Waals surface area (Å²) in [5.41, 5.74) is 0. The maximum atomic E-state index is 12.3. The normalized spacial score (nSPS) is 12.9. The van der Waals surface area contributed by atoms with Crippen molar-refractivity contribution in [2.45, 2.75) is 32.7 Å². The van der Waals surface area contributed by atoms with Crippen LogP contribution in [0.25, 0.3) is 0 Å². The third kappa shape index (κ3) is 4.35. The Morgan fingerprint density at radius 1 is 1.50 bits per heavy atom. The number of aliphatic hydroxyl groups is 1. The van der Waals surface area contributed by atoms with E-state index in [4.69, 9.17) is 16.7 Å². The van der Waals surface area contributed by atoms with Crippen molar-refractivity contribution in [2.75, 3.05) is 19.7 Å². The highest BCUT2D eigenvalue weighted by Crippen LogP contribution is 2.23. The lowest BCUT2D eigenvalue weighted by molar-refractivity contribution is 0.0809. The van der Waals surface area contributed by atoms with Crippen molar-refractivity contribution in [3.05, 3.63) is 21.3 Å². The van der Waals surface area contributed by atoms with Crippen molar-refractivity contribution in [3.8, 4) is 0 Å². The molecule has 1 aromatic heterocycles. The second kappa shape index (κ2) is 7.89. The van der Waals surface area contributed by atoms with Crippen LogP contribution in [-0.2, 0) is 0 Å². The molecular weight excluding hydrogens is 270 g/mol. The van der Waals surface area contributed by atoms with Crippen LogP contribution in [0.3, 0.4) is 0 Å². The van der Waals surface area contributed by atoms with E-state index in [0.717, 1.165) is 19.4 Å². The molecule has 0 radical (unpaired) electrons. The van der Waals surface area contributed by atoms with Gasteiger partial charge in [-0.15, -0.1) is 11.3 Å². The number of rotatable bonds is 8. The number of thiophene rings is 1. The van der Waals surface area contributed by atoms with Crippen molar-refractivity contribution in [1.82, 2.24) is 4.90 Å². The van der Waals surface area contributed by atoms with Gasteiger partial charge in [0.25, 0.3) is 0 Å². The maximum absolute atomic E-state index is 12.3. The van der Waals surface area contributed by atoms with E-state index >= 15 is 0 Å². The second-order valence-corrected chi connectivity index (χ2v) is 5.97. The van der Waals surface area contributed by atoms with E-state index in [2.05, 4.69) is 6.92 Å². The number of ketones is 1. The molecule has 3 nitrogen and oxygen atoms in total. The minimum atomic E-state index is -0.210. The Hall–Kier alpha value is -0.420. The molecule has 5 heteroatoms. The van der Waals surface area contributed by atoms with Gasteiger partial charge in [0.05, 0.1) is 21.9 Å². The topological polar surface area (TPSA) is 40.5 Å². The predicted octanol–water partition coefficient (Wildman–Crippen LogP) is 3.07. The first kappa shape index (κ1) is 15.6. The first-order chi connectivity index (χ1) is 8.60. The summed E-state index contributed by atoms with van der Waals surface area (Å²) in [5.74, 6) is 0.0800. The van der Waals surface area contributed by atoms with Gasteiger partial charge in [-0.3, -0.25) is 9.69 Å². The Morgan fingerprint density at radius 3 is 2.72 bits per heavy atom. The summed E-state index contributed by atoms with van der Waals surface area (Å²) in [4.78, 5) is 15.0. The van der Waals surface area contributed by atoms with Crippen LogP contribution >= 0.6 is 22.9 Å². The van der Waals surface area contributed by atoms with Gasteiger partial charge in [-0.2, -0.15) is 0 Å². The molecular formula is C13H20ClNO2S. The van der Waals surface area contributed by atoms with E-state index in [1.54, 1.807) is 12.1 Å². The molecule has 0 bridgehead atoms. The summed E-state index contributed by atoms with van der Waals surface area (Å²) < 4.78 is 0.632. The standard InChI is InChI=1S/C13H20ClNO2S/c1-3-4-7-15(8-9-16)10(2)13(17)11-5-6-12(14)18-11/h5-6,10,16H,3-4,7-9H2,1-2H3. The third-order valence-corrected chi connectivity index (χ3v) is 4.18. The molecule has 102 valence electrons. The average Bonchev–Trinajstić information content (AvgIpc) is 2.79. The van der Waals surface area contributed by atoms with Crippen LogP contribution in [0.4, 0.5) is 0 Å². The molecule has 0 fully saturated rings. The number of hydrogen-bond donors (Lipinski definition) is 1. The van der Waals surface area contributed by atoms with Crippen molar-refractivity contribution in [2.24, 2.45) is 0 Å². The van der Waals surface area contributed by atoms with Gasteiger partial charge in [-0.05, 0) is 32.0 Å². The molecule has 0 aliphatic rings. The van der Waals surface area contributed by atoms with Gasteiger partial charge in [0.15, 0.2) is 5.78 Å². The quantitative estimate of drug-likeness (QED) is 0.748. The molecule has 0 aliphatic heterocycles. The predicted molar refractivity (Wildman–Crippen MR) is 76.7 cm³/mol. The highest BCUT2D eigenvalue weighted by molar-refractivity contribution is 7.18. The van der Waals surface area contributed by atoms with Crippen LogP contribution in [0.15, 0.2) is 12.1 Å². The van der Waals surface area contributed by atoms with E-state index in [-0.39, 0.29) is 18.4 Å². The minimum absolute atomic E-state index is 0.0759. The summed E-state index contributed by atoms with van der Waals surface area (Å²) in [6.45, 7) is 5.45. The molecule has 0 aromatic carbocycles. The van der Waals surface area contributed by atoms with Crippen molar-refractivity contribution < 1.29 is 9.90 Å². The van der Waals surface area contributed by atoms with Gasteiger partial charge in [0, 0.05) is 6.54 Å². The number of Topliss-reactive ketones (excluding diaryl/α,β-unsaturated/α-hetero) is 1. The molecule has 0 spiro atoms. The number of hydrogen-bond acceptors (Lipinski definition) is 4. The summed E-state index contributed by atoms with van der Waals surface area (Å²) in [6, 6.07) is 3.30. The second-order valence-electron chi connectivity index (χ2n) is 4.26. The fourth-order valence-corrected chi connectivity index (χ4v) is 2.87. The molecule has 1 aromatic rings. The first-order valence-corrected chi connectivity index (χ1v) is 7.44. The zero-order valence-electron chi connectivity index (χ0n) is 10.9. The Bertz CT molecular complexity index is 381. The summed E-state index contributed by atoms with van der Waals surface area (Å²) in [7, 11) is 0. The molecule has 1 atom stereocenters. The van der Waals surface area contributed by atoms with E-state index in [1.165, 1.54) is 11.3 Å². The zero-order valence-corrected chi connectivity index (χ0v) is 12.4. The van der Waals surface area contributed by atoms with Gasteiger partial charge in [-0.25, -0.2) is 0 Å². The molecule has 0 saturated carbocycles. The van der Waals surface area contributed by atoms with Crippen LogP contribution < -0.4 is 0 Å². The number of aliphatic hydroxyl groups excluding tert-OH is 1. The molecule has 0 saturated heterocycles. The maximum Gasteiger partial charge on any atom is 0.189 e. The molecule has 18 heavy (non-hydrogen) atoms. The van der Waals surface area contributed by atoms with Gasteiger partial charge in [0.1, 0.15) is 0 Å². The van der Waals surface area contributed by atoms with Crippen LogP contribution in [-0.4, -0.2) is 41.5 Å². The molecule has 1 heterocycles. The third-order valence-electron chi connectivity index (χ3n) is 2.93. The molecule has 0 aliphatic carbocycles. The van der Waals surface area contributed by atoms with Crippen LogP contribution in [0, 0.1) is 0 Å². The highest BCUT2D eigenvalue weighted by atomic mass is 35.5. The van der Waals surface area contributed by atoms with Gasteiger partial charge >= 0.3 is 0 Å². The summed E-state index contributed by atoms with van der Waals surface area (Å²) in [6.07, 6.45) is 2.11. The first-order valence-electron chi connectivity index (χ1n) is 6.24. The Balaban J connectivity index is 2.69. The van der Waals surface area contributed by atoms with Gasteiger partial charge in [0.2, 0.25) is 0 Å². The van der Waals surface area contributed by atoms with E-state index in [1.807, 2.05) is 11.8 Å². The number of nitrogens with zero attached hydrogens (tertiary/aromatic N) is 1. The van der Waals surface area contributed by atoms with Crippen molar-refractivity contribution >= 4 is 28.7 Å². The number of unbranched alkanes of at least 4 members (excludes halogenated alkanes) is 1. The number of halogens is 1. The van der Waals surface area contributed by atoms with Crippen LogP contribution in [0.5, 0.6) is 0 Å². The Morgan fingerprint density at radius 2 is 2.22 bits per heavy atom. The lowest BCUT2D eigenvalue weighted by Gasteiger charge is -2.26. The van der Waals surface area contributed by atoms with Crippen LogP contribution in [0.2, 0.25) is 4.34 Å². The zero-order chi connectivity index (χ0) is 13.5. The fourth-order valence-electron chi connectivity index (χ4n) is 1.81. The highest BCUT2D eigenvalue weighted by Gasteiger charge is 2.22. The van der Waals surface area contributed by atoms with Gasteiger partial charge in [-0.1, -0.05) is 24.9 Å². The summed E-state index contributed by atoms with van der Waals surface area (Å²) in [5, 5.41) is 9.07. The largest absolute Gasteiger partial charge is 0.395 e. The minimum Gasteiger partial charge on any atom is -0.395 e. The van der Waals surface area contributed by atoms with Gasteiger partial charge < -0.3 is 5.11 Å². The molecule has 0 amide bonds. The molecule has 1 N–H and O–H groups in total. The Kier molecular flexibility index (Phi) is 6.86. The summed E-state index contributed by atoms with van der Waals surface area (Å²) >= 11 is 7.16. The Labute approximate surface area is 117 Å². The van der Waals surface area contributed by atoms with Crippen LogP contribution in [0.1, 0.15) is 36.4 Å². The molecule has 1 rings (SSSR count). The van der Waals surface area contributed by atoms with E-state index < -0.39 is 0 Å². The van der Waals surface area contributed by atoms with Crippen molar-refractivity contribution in [1.29, 1.82) is 0 Å². The van der Waals surface area contributed by atoms with E-state index in [0.29, 0.717) is 15.8 Å². The lowest BCUT2D eigenvalue weighted by Crippen LogP contribution is -2.41. The monoisotopic (exact) mass is 289 g/mol. The lowest BCUT2D eigenvalue weighted by atomic mass is 10.1.